The van der Waals surface area contributed by atoms with Crippen LogP contribution in [0.3, 0.4) is 0 Å². The van der Waals surface area contributed by atoms with E-state index >= 15 is 0 Å². The van der Waals surface area contributed by atoms with Gasteiger partial charge >= 0.3 is 0 Å². The van der Waals surface area contributed by atoms with Crippen molar-refractivity contribution < 1.29 is 0 Å². The molecule has 2 N–H and O–H groups in total. The van der Waals surface area contributed by atoms with E-state index in [9.17, 15) is 0 Å². The first-order valence-electron chi connectivity index (χ1n) is 5.32. The van der Waals surface area contributed by atoms with Gasteiger partial charge in [-0.05, 0) is 25.2 Å². The van der Waals surface area contributed by atoms with Crippen LogP contribution in [0.25, 0.3) is 0 Å². The minimum atomic E-state index is 0.481. The lowest BCUT2D eigenvalue weighted by atomic mass is 9.67. The summed E-state index contributed by atoms with van der Waals surface area (Å²) in [5, 5.41) is 3.57. The van der Waals surface area contributed by atoms with Gasteiger partial charge < -0.3 is 10.3 Å². The fourth-order valence-electron chi connectivity index (χ4n) is 2.04. The van der Waals surface area contributed by atoms with Gasteiger partial charge in [-0.1, -0.05) is 13.8 Å². The maximum absolute atomic E-state index is 4.18. The summed E-state index contributed by atoms with van der Waals surface area (Å²) in [5.41, 5.74) is 1.67. The largest absolute Gasteiger partial charge is 0.345 e. The fraction of sp³-hybridized carbons (Fsp3) is 0.727. The average molecular weight is 193 g/mol. The first-order valence-corrected chi connectivity index (χ1v) is 5.32. The van der Waals surface area contributed by atoms with Crippen molar-refractivity contribution in [3.8, 4) is 0 Å². The zero-order chi connectivity index (χ0) is 10.2. The van der Waals surface area contributed by atoms with Gasteiger partial charge in [-0.15, -0.1) is 0 Å². The standard InChI is InChI=1S/C11H19N3/c1-8-12-6-9(14-8)7-13-10-4-5-11(10,2)3/h6,10,13H,4-5,7H2,1-3H3,(H,12,14). The lowest BCUT2D eigenvalue weighted by molar-refractivity contribution is 0.108. The summed E-state index contributed by atoms with van der Waals surface area (Å²) in [7, 11) is 0. The quantitative estimate of drug-likeness (QED) is 0.770. The molecule has 2 rings (SSSR count). The van der Waals surface area contributed by atoms with Gasteiger partial charge in [0, 0.05) is 24.5 Å². The van der Waals surface area contributed by atoms with Crippen LogP contribution in [0.4, 0.5) is 0 Å². The molecule has 1 saturated carbocycles. The molecule has 0 amide bonds. The van der Waals surface area contributed by atoms with Crippen LogP contribution in [0, 0.1) is 12.3 Å². The summed E-state index contributed by atoms with van der Waals surface area (Å²) in [6.45, 7) is 7.55. The zero-order valence-electron chi connectivity index (χ0n) is 9.22. The van der Waals surface area contributed by atoms with Gasteiger partial charge in [0.05, 0.1) is 0 Å². The van der Waals surface area contributed by atoms with Gasteiger partial charge in [0.1, 0.15) is 5.82 Å². The maximum atomic E-state index is 4.18. The lowest BCUT2D eigenvalue weighted by Crippen LogP contribution is -2.49. The highest BCUT2D eigenvalue weighted by atomic mass is 15.0. The minimum Gasteiger partial charge on any atom is -0.345 e. The molecule has 1 aromatic heterocycles. The third kappa shape index (κ3) is 1.82. The molecule has 1 fully saturated rings. The molecule has 0 bridgehead atoms. The number of aryl methyl sites for hydroxylation is 1. The summed E-state index contributed by atoms with van der Waals surface area (Å²) in [6.07, 6.45) is 4.56. The summed E-state index contributed by atoms with van der Waals surface area (Å²) in [4.78, 5) is 7.41. The van der Waals surface area contributed by atoms with Crippen LogP contribution in [0.1, 0.15) is 38.2 Å². The van der Waals surface area contributed by atoms with Crippen molar-refractivity contribution in [1.29, 1.82) is 0 Å². The van der Waals surface area contributed by atoms with E-state index in [1.54, 1.807) is 0 Å². The smallest absolute Gasteiger partial charge is 0.103 e. The van der Waals surface area contributed by atoms with E-state index in [0.29, 0.717) is 11.5 Å². The predicted molar refractivity (Wildman–Crippen MR) is 57.0 cm³/mol. The Bertz CT molecular complexity index is 314. The third-order valence-corrected chi connectivity index (χ3v) is 3.32. The van der Waals surface area contributed by atoms with Crippen molar-refractivity contribution in [1.82, 2.24) is 15.3 Å². The highest BCUT2D eigenvalue weighted by molar-refractivity contribution is 5.01. The van der Waals surface area contributed by atoms with Crippen LogP contribution >= 0.6 is 0 Å². The van der Waals surface area contributed by atoms with Gasteiger partial charge in [-0.2, -0.15) is 0 Å². The summed E-state index contributed by atoms with van der Waals surface area (Å²) in [6, 6.07) is 0.672. The molecule has 0 spiro atoms. The number of aromatic amines is 1. The second-order valence-corrected chi connectivity index (χ2v) is 4.95. The molecule has 1 aliphatic rings. The molecule has 78 valence electrons. The monoisotopic (exact) mass is 193 g/mol. The SMILES string of the molecule is Cc1ncc(CNC2CCC2(C)C)[nH]1. The van der Waals surface area contributed by atoms with Crippen LogP contribution in [0.5, 0.6) is 0 Å². The van der Waals surface area contributed by atoms with Gasteiger partial charge in [-0.3, -0.25) is 0 Å². The molecule has 1 aliphatic carbocycles. The van der Waals surface area contributed by atoms with Gasteiger partial charge in [0.25, 0.3) is 0 Å². The van der Waals surface area contributed by atoms with Crippen molar-refractivity contribution in [2.45, 2.75) is 46.2 Å². The summed E-state index contributed by atoms with van der Waals surface area (Å²) < 4.78 is 0. The molecule has 1 heterocycles. The Morgan fingerprint density at radius 2 is 2.43 bits per heavy atom. The molecule has 0 aromatic carbocycles. The average Bonchev–Trinajstić information content (AvgIpc) is 2.50. The van der Waals surface area contributed by atoms with Crippen LogP contribution in [0.2, 0.25) is 0 Å². The highest BCUT2D eigenvalue weighted by Gasteiger charge is 2.37. The van der Waals surface area contributed by atoms with E-state index < -0.39 is 0 Å². The van der Waals surface area contributed by atoms with E-state index in [1.165, 1.54) is 18.5 Å². The van der Waals surface area contributed by atoms with Gasteiger partial charge in [-0.25, -0.2) is 4.98 Å². The predicted octanol–water partition coefficient (Wildman–Crippen LogP) is 2.00. The van der Waals surface area contributed by atoms with Crippen molar-refractivity contribution in [3.05, 3.63) is 17.7 Å². The van der Waals surface area contributed by atoms with Crippen LogP contribution < -0.4 is 5.32 Å². The number of rotatable bonds is 3. The van der Waals surface area contributed by atoms with Gasteiger partial charge in [0.2, 0.25) is 0 Å². The van der Waals surface area contributed by atoms with E-state index in [2.05, 4.69) is 29.1 Å². The first kappa shape index (κ1) is 9.71. The van der Waals surface area contributed by atoms with E-state index in [1.807, 2.05) is 13.1 Å². The third-order valence-electron chi connectivity index (χ3n) is 3.32. The normalized spacial score (nSPS) is 24.6. The number of nitrogens with one attached hydrogen (secondary N) is 2. The second kappa shape index (κ2) is 3.39. The lowest BCUT2D eigenvalue weighted by Gasteiger charge is -2.45. The Morgan fingerprint density at radius 1 is 1.64 bits per heavy atom. The number of aromatic nitrogens is 2. The number of hydrogen-bond acceptors (Lipinski definition) is 2. The highest BCUT2D eigenvalue weighted by Crippen LogP contribution is 2.39. The molecule has 14 heavy (non-hydrogen) atoms. The molecule has 0 aliphatic heterocycles. The molecular formula is C11H19N3. The van der Waals surface area contributed by atoms with E-state index in [0.717, 1.165) is 12.4 Å². The van der Waals surface area contributed by atoms with Crippen LogP contribution in [-0.2, 0) is 6.54 Å². The first-order chi connectivity index (χ1) is 6.58. The molecule has 3 nitrogen and oxygen atoms in total. The molecule has 1 atom stereocenters. The number of nitrogens with zero attached hydrogens (tertiary/aromatic N) is 1. The summed E-state index contributed by atoms with van der Waals surface area (Å²) >= 11 is 0. The Kier molecular flexibility index (Phi) is 2.35. The van der Waals surface area contributed by atoms with Crippen LogP contribution in [-0.4, -0.2) is 16.0 Å². The molecule has 1 aromatic rings. The van der Waals surface area contributed by atoms with Crippen molar-refractivity contribution in [2.24, 2.45) is 5.41 Å². The van der Waals surface area contributed by atoms with E-state index in [4.69, 9.17) is 0 Å². The zero-order valence-corrected chi connectivity index (χ0v) is 9.22. The number of H-pyrrole nitrogens is 1. The number of imidazole rings is 1. The van der Waals surface area contributed by atoms with Crippen molar-refractivity contribution >= 4 is 0 Å². The van der Waals surface area contributed by atoms with Gasteiger partial charge in [0.15, 0.2) is 0 Å². The molecular weight excluding hydrogens is 174 g/mol. The molecule has 1 unspecified atom stereocenters. The Morgan fingerprint density at radius 3 is 2.86 bits per heavy atom. The Balaban J connectivity index is 1.83. The fourth-order valence-corrected chi connectivity index (χ4v) is 2.04. The Labute approximate surface area is 85.3 Å². The molecule has 0 radical (unpaired) electrons. The minimum absolute atomic E-state index is 0.481. The maximum Gasteiger partial charge on any atom is 0.103 e. The van der Waals surface area contributed by atoms with E-state index in [-0.39, 0.29) is 0 Å². The van der Waals surface area contributed by atoms with Crippen molar-refractivity contribution in [2.75, 3.05) is 0 Å². The molecule has 3 heteroatoms. The molecule has 0 saturated heterocycles. The Hall–Kier alpha value is -0.830. The number of hydrogen-bond donors (Lipinski definition) is 2. The summed E-state index contributed by atoms with van der Waals surface area (Å²) in [5.74, 6) is 0.995. The van der Waals surface area contributed by atoms with Crippen LogP contribution in [0.15, 0.2) is 6.20 Å². The topological polar surface area (TPSA) is 40.7 Å². The van der Waals surface area contributed by atoms with Crippen molar-refractivity contribution in [3.63, 3.8) is 0 Å². The second-order valence-electron chi connectivity index (χ2n) is 4.95.